The third-order valence-corrected chi connectivity index (χ3v) is 2.86. The van der Waals surface area contributed by atoms with Gasteiger partial charge in [-0.05, 0) is 44.1 Å². The first-order valence-electron chi connectivity index (χ1n) is 5.07. The van der Waals surface area contributed by atoms with Crippen molar-refractivity contribution in [2.24, 2.45) is 0 Å². The molecule has 0 unspecified atom stereocenters. The summed E-state index contributed by atoms with van der Waals surface area (Å²) >= 11 is 11.8. The molecule has 1 N–H and O–H groups in total. The van der Waals surface area contributed by atoms with E-state index in [1.165, 1.54) is 0 Å². The first-order valence-corrected chi connectivity index (χ1v) is 5.83. The Hall–Kier alpha value is 0.140. The van der Waals surface area contributed by atoms with Gasteiger partial charge < -0.3 is 10.1 Å². The zero-order valence-electron chi connectivity index (χ0n) is 9.12. The van der Waals surface area contributed by atoms with Crippen molar-refractivity contribution in [3.05, 3.63) is 28.2 Å². The van der Waals surface area contributed by atoms with Crippen molar-refractivity contribution in [3.63, 3.8) is 0 Å². The van der Waals surface area contributed by atoms with Crippen LogP contribution in [0.25, 0.3) is 0 Å². The molecule has 0 aromatic heterocycles. The van der Waals surface area contributed by atoms with Crippen LogP contribution in [0.5, 0.6) is 5.75 Å². The van der Waals surface area contributed by atoms with Crippen LogP contribution < -0.4 is 10.1 Å². The molecule has 0 bridgehead atoms. The summed E-state index contributed by atoms with van der Waals surface area (Å²) in [4.78, 5) is 0. The van der Waals surface area contributed by atoms with E-state index in [9.17, 15) is 0 Å². The summed E-state index contributed by atoms with van der Waals surface area (Å²) in [6, 6.07) is 5.31. The van der Waals surface area contributed by atoms with Crippen molar-refractivity contribution in [2.45, 2.75) is 18.9 Å². The number of halogens is 4. The first-order chi connectivity index (χ1) is 7.24. The molecule has 0 spiro atoms. The lowest BCUT2D eigenvalue weighted by atomic mass is 10.1. The van der Waals surface area contributed by atoms with E-state index >= 15 is 0 Å². The Morgan fingerprint density at radius 1 is 1.00 bits per heavy atom. The zero-order chi connectivity index (χ0) is 10.7. The highest BCUT2D eigenvalue weighted by Gasteiger charge is 2.14. The van der Waals surface area contributed by atoms with Crippen molar-refractivity contribution in [2.75, 3.05) is 13.1 Å². The molecule has 1 aromatic rings. The van der Waals surface area contributed by atoms with E-state index in [1.54, 1.807) is 18.2 Å². The number of hydrogen-bond acceptors (Lipinski definition) is 2. The average molecular weight is 319 g/mol. The number of benzene rings is 1. The highest BCUT2D eigenvalue weighted by atomic mass is 35.5. The van der Waals surface area contributed by atoms with Gasteiger partial charge in [0, 0.05) is 10.0 Å². The number of rotatable bonds is 2. The van der Waals surface area contributed by atoms with Crippen LogP contribution in [0.15, 0.2) is 18.2 Å². The smallest absolute Gasteiger partial charge is 0.122 e. The summed E-state index contributed by atoms with van der Waals surface area (Å²) in [5.41, 5.74) is 0. The van der Waals surface area contributed by atoms with Gasteiger partial charge in [-0.15, -0.1) is 24.8 Å². The minimum Gasteiger partial charge on any atom is -0.490 e. The predicted octanol–water partition coefficient (Wildman–Crippen LogP) is 3.97. The van der Waals surface area contributed by atoms with E-state index in [1.807, 2.05) is 0 Å². The van der Waals surface area contributed by atoms with Gasteiger partial charge in [-0.25, -0.2) is 0 Å². The lowest BCUT2D eigenvalue weighted by molar-refractivity contribution is 0.162. The monoisotopic (exact) mass is 317 g/mol. The van der Waals surface area contributed by atoms with E-state index in [-0.39, 0.29) is 30.9 Å². The summed E-state index contributed by atoms with van der Waals surface area (Å²) in [5.74, 6) is 0.763. The molecular formula is C11H15Cl4NO. The van der Waals surface area contributed by atoms with Crippen molar-refractivity contribution in [1.29, 1.82) is 0 Å². The zero-order valence-corrected chi connectivity index (χ0v) is 12.3. The molecule has 0 radical (unpaired) electrons. The highest BCUT2D eigenvalue weighted by molar-refractivity contribution is 6.34. The Bertz CT molecular complexity index is 322. The number of nitrogens with one attached hydrogen (secondary N) is 1. The molecule has 17 heavy (non-hydrogen) atoms. The van der Waals surface area contributed by atoms with E-state index in [0.29, 0.717) is 10.0 Å². The van der Waals surface area contributed by atoms with E-state index < -0.39 is 0 Å². The standard InChI is InChI=1S/C11H13Cl2NO.2ClH/c12-8-5-9(13)7-11(6-8)15-10-1-3-14-4-2-10;;/h5-7,10,14H,1-4H2;2*1H. The van der Waals surface area contributed by atoms with Crippen molar-refractivity contribution >= 4 is 48.0 Å². The second-order valence-corrected chi connectivity index (χ2v) is 4.55. The molecule has 1 fully saturated rings. The van der Waals surface area contributed by atoms with Gasteiger partial charge in [-0.1, -0.05) is 23.2 Å². The van der Waals surface area contributed by atoms with Crippen LogP contribution in [0, 0.1) is 0 Å². The van der Waals surface area contributed by atoms with Crippen molar-refractivity contribution in [1.82, 2.24) is 5.32 Å². The minimum absolute atomic E-state index is 0. The van der Waals surface area contributed by atoms with E-state index in [4.69, 9.17) is 27.9 Å². The minimum atomic E-state index is 0. The van der Waals surface area contributed by atoms with Crippen LogP contribution in [-0.2, 0) is 0 Å². The SMILES string of the molecule is Cl.Cl.Clc1cc(Cl)cc(OC2CCNCC2)c1. The van der Waals surface area contributed by atoms with Gasteiger partial charge in [0.1, 0.15) is 11.9 Å². The topological polar surface area (TPSA) is 21.3 Å². The number of ether oxygens (including phenoxy) is 1. The highest BCUT2D eigenvalue weighted by Crippen LogP contribution is 2.26. The molecule has 2 rings (SSSR count). The third-order valence-electron chi connectivity index (χ3n) is 2.42. The van der Waals surface area contributed by atoms with Crippen LogP contribution in [0.1, 0.15) is 12.8 Å². The van der Waals surface area contributed by atoms with Gasteiger partial charge in [0.2, 0.25) is 0 Å². The van der Waals surface area contributed by atoms with Gasteiger partial charge in [-0.3, -0.25) is 0 Å². The Morgan fingerprint density at radius 3 is 2.06 bits per heavy atom. The molecule has 1 aliphatic rings. The third kappa shape index (κ3) is 5.54. The van der Waals surface area contributed by atoms with Crippen LogP contribution in [-0.4, -0.2) is 19.2 Å². The van der Waals surface area contributed by atoms with Gasteiger partial charge in [-0.2, -0.15) is 0 Å². The Balaban J connectivity index is 0.00000128. The fourth-order valence-electron chi connectivity index (χ4n) is 1.70. The van der Waals surface area contributed by atoms with E-state index in [0.717, 1.165) is 31.7 Å². The summed E-state index contributed by atoms with van der Waals surface area (Å²) < 4.78 is 5.81. The van der Waals surface area contributed by atoms with Crippen molar-refractivity contribution < 1.29 is 4.74 Å². The van der Waals surface area contributed by atoms with Crippen molar-refractivity contribution in [3.8, 4) is 5.75 Å². The average Bonchev–Trinajstić information content (AvgIpc) is 2.17. The quantitative estimate of drug-likeness (QED) is 0.891. The molecule has 1 heterocycles. The number of hydrogen-bond donors (Lipinski definition) is 1. The first kappa shape index (κ1) is 17.1. The second kappa shape index (κ2) is 8.28. The van der Waals surface area contributed by atoms with Crippen LogP contribution in [0.2, 0.25) is 10.0 Å². The molecule has 0 atom stereocenters. The summed E-state index contributed by atoms with van der Waals surface area (Å²) in [5, 5.41) is 4.53. The summed E-state index contributed by atoms with van der Waals surface area (Å²) in [7, 11) is 0. The maximum absolute atomic E-state index is 5.89. The molecule has 6 heteroatoms. The lowest BCUT2D eigenvalue weighted by Crippen LogP contribution is -2.34. The molecule has 1 aromatic carbocycles. The molecule has 1 saturated heterocycles. The largest absolute Gasteiger partial charge is 0.490 e. The molecule has 0 aliphatic carbocycles. The van der Waals surface area contributed by atoms with Gasteiger partial charge in [0.15, 0.2) is 0 Å². The fourth-order valence-corrected chi connectivity index (χ4v) is 2.21. The maximum atomic E-state index is 5.89. The Morgan fingerprint density at radius 2 is 1.53 bits per heavy atom. The van der Waals surface area contributed by atoms with E-state index in [2.05, 4.69) is 5.32 Å². The molecular weight excluding hydrogens is 304 g/mol. The van der Waals surface area contributed by atoms with Gasteiger partial charge >= 0.3 is 0 Å². The summed E-state index contributed by atoms with van der Waals surface area (Å²) in [6.45, 7) is 2.03. The second-order valence-electron chi connectivity index (χ2n) is 3.67. The molecule has 0 saturated carbocycles. The van der Waals surface area contributed by atoms with Crippen LogP contribution in [0.4, 0.5) is 0 Å². The maximum Gasteiger partial charge on any atom is 0.122 e. The molecule has 1 aliphatic heterocycles. The normalized spacial score (nSPS) is 15.6. The molecule has 2 nitrogen and oxygen atoms in total. The Labute approximate surface area is 124 Å². The predicted molar refractivity (Wildman–Crippen MR) is 77.5 cm³/mol. The van der Waals surface area contributed by atoms with Gasteiger partial charge in [0.25, 0.3) is 0 Å². The van der Waals surface area contributed by atoms with Crippen LogP contribution >= 0.6 is 48.0 Å². The Kier molecular flexibility index (Phi) is 8.35. The van der Waals surface area contributed by atoms with Gasteiger partial charge in [0.05, 0.1) is 0 Å². The van der Waals surface area contributed by atoms with Crippen LogP contribution in [0.3, 0.4) is 0 Å². The fraction of sp³-hybridized carbons (Fsp3) is 0.455. The number of piperidine rings is 1. The molecule has 0 amide bonds. The summed E-state index contributed by atoms with van der Waals surface area (Å²) in [6.07, 6.45) is 2.34. The molecule has 98 valence electrons. The lowest BCUT2D eigenvalue weighted by Gasteiger charge is -2.23.